The fourth-order valence-corrected chi connectivity index (χ4v) is 1.78. The summed E-state index contributed by atoms with van der Waals surface area (Å²) in [5.74, 6) is -5.61. The number of alkyl halides is 2. The van der Waals surface area contributed by atoms with Crippen LogP contribution in [0.4, 0.5) is 8.78 Å². The Morgan fingerprint density at radius 3 is 2.42 bits per heavy atom. The lowest BCUT2D eigenvalue weighted by atomic mass is 9.98. The number of benzene rings is 1. The van der Waals surface area contributed by atoms with Gasteiger partial charge >= 0.3 is 5.97 Å². The first-order valence-electron chi connectivity index (χ1n) is 4.70. The van der Waals surface area contributed by atoms with Crippen LogP contribution in [0.5, 0.6) is 5.75 Å². The van der Waals surface area contributed by atoms with Crippen LogP contribution >= 0.6 is 28.3 Å². The number of halogens is 4. The van der Waals surface area contributed by atoms with E-state index in [0.717, 1.165) is 12.1 Å². The predicted molar refractivity (Wildman–Crippen MR) is 69.0 cm³/mol. The molecule has 0 saturated heterocycles. The summed E-state index contributed by atoms with van der Waals surface area (Å²) in [5.41, 5.74) is 4.47. The molecule has 108 valence electrons. The molecule has 1 aromatic carbocycles. The van der Waals surface area contributed by atoms with Crippen molar-refractivity contribution >= 4 is 34.3 Å². The maximum Gasteiger partial charge on any atom is 0.335 e. The minimum atomic E-state index is -3.67. The highest BCUT2D eigenvalue weighted by atomic mass is 79.9. The number of aromatic carboxylic acids is 1. The van der Waals surface area contributed by atoms with Crippen LogP contribution in [0.15, 0.2) is 16.6 Å². The number of carbonyl (C=O) groups is 1. The van der Waals surface area contributed by atoms with E-state index in [1.165, 1.54) is 0 Å². The Hall–Kier alpha value is -0.960. The zero-order valence-electron chi connectivity index (χ0n) is 9.31. The number of carboxylic acids is 1. The summed E-state index contributed by atoms with van der Waals surface area (Å²) in [4.78, 5) is 10.8. The van der Waals surface area contributed by atoms with Crippen LogP contribution in [0.2, 0.25) is 0 Å². The third-order valence-electron chi connectivity index (χ3n) is 2.34. The molecule has 5 N–H and O–H groups in total. The average molecular weight is 363 g/mol. The van der Waals surface area contributed by atoms with Crippen LogP contribution < -0.4 is 5.73 Å². The minimum Gasteiger partial charge on any atom is -0.506 e. The Labute approximate surface area is 121 Å². The maximum absolute atomic E-state index is 13.2. The molecule has 1 atom stereocenters. The SMILES string of the molecule is Cl.N[C@@H](c1cc(C(=O)O)cc(Br)c1O)C(F)(F)CO. The van der Waals surface area contributed by atoms with Crippen molar-refractivity contribution in [2.45, 2.75) is 12.0 Å². The van der Waals surface area contributed by atoms with E-state index < -0.39 is 35.9 Å². The van der Waals surface area contributed by atoms with Crippen LogP contribution in [0, 0.1) is 0 Å². The van der Waals surface area contributed by atoms with Crippen molar-refractivity contribution in [3.8, 4) is 5.75 Å². The minimum absolute atomic E-state index is 0. The van der Waals surface area contributed by atoms with E-state index in [1.807, 2.05) is 0 Å². The van der Waals surface area contributed by atoms with Gasteiger partial charge in [0, 0.05) is 5.56 Å². The molecule has 0 aliphatic rings. The highest BCUT2D eigenvalue weighted by Crippen LogP contribution is 2.38. The molecule has 5 nitrogen and oxygen atoms in total. The third kappa shape index (κ3) is 3.75. The number of hydrogen-bond acceptors (Lipinski definition) is 4. The van der Waals surface area contributed by atoms with Gasteiger partial charge in [-0.2, -0.15) is 0 Å². The second kappa shape index (κ2) is 6.47. The van der Waals surface area contributed by atoms with Gasteiger partial charge < -0.3 is 21.1 Å². The van der Waals surface area contributed by atoms with Crippen LogP contribution in [0.25, 0.3) is 0 Å². The quantitative estimate of drug-likeness (QED) is 0.655. The number of aliphatic hydroxyl groups is 1. The molecule has 9 heteroatoms. The molecule has 1 rings (SSSR count). The lowest BCUT2D eigenvalue weighted by Crippen LogP contribution is -2.36. The van der Waals surface area contributed by atoms with E-state index in [0.29, 0.717) is 0 Å². The summed E-state index contributed by atoms with van der Waals surface area (Å²) in [6.45, 7) is -1.51. The summed E-state index contributed by atoms with van der Waals surface area (Å²) < 4.78 is 26.4. The molecule has 0 unspecified atom stereocenters. The van der Waals surface area contributed by atoms with Gasteiger partial charge in [-0.15, -0.1) is 12.4 Å². The van der Waals surface area contributed by atoms with Crippen molar-refractivity contribution in [3.05, 3.63) is 27.7 Å². The van der Waals surface area contributed by atoms with E-state index in [1.54, 1.807) is 0 Å². The van der Waals surface area contributed by atoms with Gasteiger partial charge in [0.1, 0.15) is 18.4 Å². The van der Waals surface area contributed by atoms with Gasteiger partial charge in [0.05, 0.1) is 10.0 Å². The van der Waals surface area contributed by atoms with Crippen LogP contribution in [-0.2, 0) is 0 Å². The summed E-state index contributed by atoms with van der Waals surface area (Å²) in [6.07, 6.45) is 0. The summed E-state index contributed by atoms with van der Waals surface area (Å²) >= 11 is 2.85. The fourth-order valence-electron chi connectivity index (χ4n) is 1.31. The van der Waals surface area contributed by atoms with Gasteiger partial charge in [-0.25, -0.2) is 13.6 Å². The van der Waals surface area contributed by atoms with Gasteiger partial charge in [-0.1, -0.05) is 0 Å². The molecule has 0 aliphatic carbocycles. The lowest BCUT2D eigenvalue weighted by Gasteiger charge is -2.23. The number of carboxylic acid groups (broad SMARTS) is 1. The van der Waals surface area contributed by atoms with E-state index in [-0.39, 0.29) is 22.4 Å². The molecular formula is C10H11BrClF2NO4. The molecule has 1 aromatic rings. The first kappa shape index (κ1) is 18.0. The largest absolute Gasteiger partial charge is 0.506 e. The monoisotopic (exact) mass is 361 g/mol. The molecule has 0 bridgehead atoms. The van der Waals surface area contributed by atoms with E-state index in [2.05, 4.69) is 15.9 Å². The molecule has 0 amide bonds. The molecule has 0 heterocycles. The highest BCUT2D eigenvalue weighted by Gasteiger charge is 2.39. The molecule has 0 spiro atoms. The number of aromatic hydroxyl groups is 1. The van der Waals surface area contributed by atoms with E-state index >= 15 is 0 Å². The molecule has 0 aromatic heterocycles. The molecule has 0 aliphatic heterocycles. The lowest BCUT2D eigenvalue weighted by molar-refractivity contribution is -0.0716. The highest BCUT2D eigenvalue weighted by molar-refractivity contribution is 9.10. The van der Waals surface area contributed by atoms with Crippen molar-refractivity contribution in [2.24, 2.45) is 5.73 Å². The maximum atomic E-state index is 13.2. The van der Waals surface area contributed by atoms with Gasteiger partial charge in [0.15, 0.2) is 0 Å². The van der Waals surface area contributed by atoms with Crippen molar-refractivity contribution in [2.75, 3.05) is 6.61 Å². The first-order chi connectivity index (χ1) is 8.20. The summed E-state index contributed by atoms with van der Waals surface area (Å²) in [7, 11) is 0. The smallest absolute Gasteiger partial charge is 0.335 e. The first-order valence-corrected chi connectivity index (χ1v) is 5.50. The van der Waals surface area contributed by atoms with Crippen molar-refractivity contribution in [1.29, 1.82) is 0 Å². The zero-order chi connectivity index (χ0) is 14.1. The second-order valence-corrected chi connectivity index (χ2v) is 4.45. The summed E-state index contributed by atoms with van der Waals surface area (Å²) in [6, 6.07) is -0.111. The molecule has 19 heavy (non-hydrogen) atoms. The number of nitrogens with two attached hydrogens (primary N) is 1. The Bertz CT molecular complexity index is 487. The average Bonchev–Trinajstić information content (AvgIpc) is 2.31. The Morgan fingerprint density at radius 2 is 2.00 bits per heavy atom. The molecule has 0 saturated carbocycles. The van der Waals surface area contributed by atoms with Crippen molar-refractivity contribution < 1.29 is 28.9 Å². The van der Waals surface area contributed by atoms with Crippen LogP contribution in [0.3, 0.4) is 0 Å². The number of rotatable bonds is 4. The number of phenols is 1. The Kier molecular flexibility index (Phi) is 6.14. The van der Waals surface area contributed by atoms with E-state index in [9.17, 15) is 18.7 Å². The van der Waals surface area contributed by atoms with Crippen molar-refractivity contribution in [3.63, 3.8) is 0 Å². The zero-order valence-corrected chi connectivity index (χ0v) is 11.7. The van der Waals surface area contributed by atoms with Crippen LogP contribution in [-0.4, -0.2) is 33.8 Å². The standard InChI is InChI=1S/C10H10BrF2NO4.ClH/c11-6-2-4(9(17)18)1-5(7(6)16)8(14)10(12,13)3-15;/h1-2,8,15-16H,3,14H2,(H,17,18);1H/t8-;/m0./s1. The Balaban J connectivity index is 0.00000324. The van der Waals surface area contributed by atoms with Gasteiger partial charge in [-0.3, -0.25) is 0 Å². The number of hydrogen-bond donors (Lipinski definition) is 4. The molecule has 0 radical (unpaired) electrons. The van der Waals surface area contributed by atoms with Crippen molar-refractivity contribution in [1.82, 2.24) is 0 Å². The number of phenolic OH excluding ortho intramolecular Hbond substituents is 1. The van der Waals surface area contributed by atoms with Gasteiger partial charge in [0.2, 0.25) is 0 Å². The van der Waals surface area contributed by atoms with Crippen LogP contribution in [0.1, 0.15) is 22.0 Å². The fraction of sp³-hybridized carbons (Fsp3) is 0.300. The number of aliphatic hydroxyl groups excluding tert-OH is 1. The third-order valence-corrected chi connectivity index (χ3v) is 2.95. The topological polar surface area (TPSA) is 104 Å². The molecule has 0 fully saturated rings. The van der Waals surface area contributed by atoms with Gasteiger partial charge in [-0.05, 0) is 28.1 Å². The summed E-state index contributed by atoms with van der Waals surface area (Å²) in [5, 5.41) is 26.9. The van der Waals surface area contributed by atoms with E-state index in [4.69, 9.17) is 15.9 Å². The van der Waals surface area contributed by atoms with Gasteiger partial charge in [0.25, 0.3) is 5.92 Å². The normalized spacial score (nSPS) is 12.7. The second-order valence-electron chi connectivity index (χ2n) is 3.60. The molecular weight excluding hydrogens is 351 g/mol. The predicted octanol–water partition coefficient (Wildman–Crippen LogP) is 1.90. The Morgan fingerprint density at radius 1 is 1.47 bits per heavy atom.